The Labute approximate surface area is 133 Å². The van der Waals surface area contributed by atoms with Crippen LogP contribution in [0, 0.1) is 0 Å². The average Bonchev–Trinajstić information content (AvgIpc) is 3.23. The van der Waals surface area contributed by atoms with Crippen molar-refractivity contribution in [2.24, 2.45) is 0 Å². The number of nitrogens with one attached hydrogen (secondary N) is 1. The molecule has 0 radical (unpaired) electrons. The molecule has 4 aromatic rings. The second-order valence-electron chi connectivity index (χ2n) is 5.98. The summed E-state index contributed by atoms with van der Waals surface area (Å²) in [5.41, 5.74) is 3.72. The van der Waals surface area contributed by atoms with Crippen molar-refractivity contribution < 1.29 is 4.42 Å². The molecule has 5 rings (SSSR count). The van der Waals surface area contributed by atoms with Crippen LogP contribution in [0.5, 0.6) is 0 Å². The van der Waals surface area contributed by atoms with Crippen LogP contribution in [-0.4, -0.2) is 9.55 Å². The third-order valence-electron chi connectivity index (χ3n) is 4.56. The molecule has 1 aliphatic heterocycles. The first-order valence-electron chi connectivity index (χ1n) is 7.67. The Morgan fingerprint density at radius 3 is 2.70 bits per heavy atom. The average molecular weight is 301 g/mol. The van der Waals surface area contributed by atoms with Crippen molar-refractivity contribution in [3.8, 4) is 11.4 Å². The van der Waals surface area contributed by atoms with Gasteiger partial charge in [0.2, 0.25) is 0 Å². The van der Waals surface area contributed by atoms with Gasteiger partial charge in [-0.1, -0.05) is 24.3 Å². The Morgan fingerprint density at radius 2 is 1.83 bits per heavy atom. The highest BCUT2D eigenvalue weighted by Crippen LogP contribution is 2.43. The molecule has 3 heterocycles. The Morgan fingerprint density at radius 1 is 1.00 bits per heavy atom. The van der Waals surface area contributed by atoms with Crippen molar-refractivity contribution in [3.63, 3.8) is 0 Å². The van der Waals surface area contributed by atoms with Gasteiger partial charge >= 0.3 is 0 Å². The molecule has 1 unspecified atom stereocenters. The van der Waals surface area contributed by atoms with Crippen molar-refractivity contribution in [1.82, 2.24) is 9.55 Å². The minimum absolute atomic E-state index is 0.525. The summed E-state index contributed by atoms with van der Waals surface area (Å²) in [4.78, 5) is 4.88. The molecule has 0 spiro atoms. The fourth-order valence-electron chi connectivity index (χ4n) is 3.49. The highest BCUT2D eigenvalue weighted by molar-refractivity contribution is 5.87. The quantitative estimate of drug-likeness (QED) is 0.565. The molecule has 0 saturated carbocycles. The van der Waals surface area contributed by atoms with Crippen LogP contribution >= 0.6 is 0 Å². The smallest absolute Gasteiger partial charge is 0.173 e. The van der Waals surface area contributed by atoms with Crippen LogP contribution < -0.4 is 5.32 Å². The molecule has 0 amide bonds. The lowest BCUT2D eigenvalue weighted by atomic mass is 10.0. The van der Waals surface area contributed by atoms with Crippen molar-refractivity contribution in [1.29, 1.82) is 0 Å². The number of hydrogen-bond acceptors (Lipinski definition) is 3. The third-order valence-corrected chi connectivity index (χ3v) is 4.56. The molecule has 1 aliphatic rings. The number of hydrogen-bond donors (Lipinski definition) is 1. The maximum absolute atomic E-state index is 5.76. The molecule has 0 saturated heterocycles. The highest BCUT2D eigenvalue weighted by Gasteiger charge is 2.39. The van der Waals surface area contributed by atoms with E-state index in [1.807, 2.05) is 42.5 Å². The lowest BCUT2D eigenvalue weighted by Gasteiger charge is -2.37. The number of furan rings is 1. The molecule has 2 aromatic carbocycles. The van der Waals surface area contributed by atoms with Gasteiger partial charge in [0.1, 0.15) is 11.6 Å². The van der Waals surface area contributed by atoms with Crippen molar-refractivity contribution in [2.75, 3.05) is 5.32 Å². The maximum atomic E-state index is 5.76. The predicted molar refractivity (Wildman–Crippen MR) is 90.2 cm³/mol. The summed E-state index contributed by atoms with van der Waals surface area (Å²) in [5, 5.41) is 3.64. The van der Waals surface area contributed by atoms with Gasteiger partial charge in [0.25, 0.3) is 0 Å². The van der Waals surface area contributed by atoms with E-state index in [9.17, 15) is 0 Å². The molecule has 0 aliphatic carbocycles. The fourth-order valence-corrected chi connectivity index (χ4v) is 3.49. The van der Waals surface area contributed by atoms with Gasteiger partial charge in [0.15, 0.2) is 5.66 Å². The van der Waals surface area contributed by atoms with Crippen LogP contribution in [-0.2, 0) is 5.66 Å². The molecule has 1 atom stereocenters. The van der Waals surface area contributed by atoms with E-state index in [4.69, 9.17) is 9.40 Å². The molecular weight excluding hydrogens is 286 g/mol. The van der Waals surface area contributed by atoms with Gasteiger partial charge < -0.3 is 9.73 Å². The zero-order valence-electron chi connectivity index (χ0n) is 12.7. The Hall–Kier alpha value is -3.01. The Bertz CT molecular complexity index is 1020. The van der Waals surface area contributed by atoms with Gasteiger partial charge in [-0.05, 0) is 43.3 Å². The van der Waals surface area contributed by atoms with E-state index < -0.39 is 5.66 Å². The molecule has 0 bridgehead atoms. The first kappa shape index (κ1) is 12.5. The minimum Gasteiger partial charge on any atom is -0.465 e. The number of nitrogens with zero attached hydrogens (tertiary/aromatic N) is 2. The summed E-state index contributed by atoms with van der Waals surface area (Å²) < 4.78 is 7.98. The lowest BCUT2D eigenvalue weighted by molar-refractivity contribution is 0.354. The van der Waals surface area contributed by atoms with Crippen LogP contribution in [0.2, 0.25) is 0 Å². The Kier molecular flexibility index (Phi) is 2.32. The predicted octanol–water partition coefficient (Wildman–Crippen LogP) is 4.44. The molecule has 4 heteroatoms. The number of rotatable bonds is 1. The molecule has 112 valence electrons. The van der Waals surface area contributed by atoms with E-state index in [1.54, 1.807) is 6.26 Å². The molecular formula is C19H15N3O. The summed E-state index contributed by atoms with van der Waals surface area (Å²) in [6.07, 6.45) is 1.71. The number of benzene rings is 2. The van der Waals surface area contributed by atoms with Gasteiger partial charge in [0.05, 0.1) is 17.3 Å². The molecule has 23 heavy (non-hydrogen) atoms. The van der Waals surface area contributed by atoms with Gasteiger partial charge in [-0.3, -0.25) is 4.57 Å². The van der Waals surface area contributed by atoms with Gasteiger partial charge in [-0.25, -0.2) is 4.98 Å². The second-order valence-corrected chi connectivity index (χ2v) is 5.98. The number of imidazole rings is 1. The minimum atomic E-state index is -0.525. The summed E-state index contributed by atoms with van der Waals surface area (Å²) in [7, 11) is 0. The topological polar surface area (TPSA) is 43.0 Å². The SMILES string of the molecule is CC1(c2ccco2)Nc2ccccc2-c2nc3ccccc3n21. The molecule has 0 fully saturated rings. The van der Waals surface area contributed by atoms with Crippen LogP contribution in [0.15, 0.2) is 71.3 Å². The summed E-state index contributed by atoms with van der Waals surface area (Å²) in [6, 6.07) is 20.4. The van der Waals surface area contributed by atoms with E-state index in [-0.39, 0.29) is 0 Å². The van der Waals surface area contributed by atoms with Crippen LogP contribution in [0.3, 0.4) is 0 Å². The van der Waals surface area contributed by atoms with E-state index in [2.05, 4.69) is 35.0 Å². The fraction of sp³-hybridized carbons (Fsp3) is 0.105. The zero-order valence-corrected chi connectivity index (χ0v) is 12.7. The summed E-state index contributed by atoms with van der Waals surface area (Å²) in [6.45, 7) is 2.12. The highest BCUT2D eigenvalue weighted by atomic mass is 16.3. The van der Waals surface area contributed by atoms with Crippen molar-refractivity contribution in [3.05, 3.63) is 72.7 Å². The standard InChI is InChI=1S/C19H15N3O/c1-19(17-11-6-12-23-17)21-14-8-3-2-7-13(14)18-20-15-9-4-5-10-16(15)22(18)19/h2-12,21H,1H3. The van der Waals surface area contributed by atoms with E-state index >= 15 is 0 Å². The maximum Gasteiger partial charge on any atom is 0.173 e. The largest absolute Gasteiger partial charge is 0.465 e. The van der Waals surface area contributed by atoms with Crippen LogP contribution in [0.25, 0.3) is 22.4 Å². The van der Waals surface area contributed by atoms with E-state index in [0.29, 0.717) is 0 Å². The number of aromatic nitrogens is 2. The number of para-hydroxylation sites is 3. The normalized spacial score (nSPS) is 19.2. The Balaban J connectivity index is 1.92. The van der Waals surface area contributed by atoms with Gasteiger partial charge in [-0.2, -0.15) is 0 Å². The molecule has 1 N–H and O–H groups in total. The van der Waals surface area contributed by atoms with E-state index in [1.165, 1.54) is 0 Å². The second kappa shape index (κ2) is 4.26. The molecule has 2 aromatic heterocycles. The monoisotopic (exact) mass is 301 g/mol. The first-order chi connectivity index (χ1) is 11.3. The van der Waals surface area contributed by atoms with Crippen molar-refractivity contribution >= 4 is 16.7 Å². The zero-order chi connectivity index (χ0) is 15.4. The van der Waals surface area contributed by atoms with Crippen LogP contribution in [0.1, 0.15) is 12.7 Å². The van der Waals surface area contributed by atoms with Gasteiger partial charge in [-0.15, -0.1) is 0 Å². The number of fused-ring (bicyclic) bond motifs is 5. The van der Waals surface area contributed by atoms with Crippen LogP contribution in [0.4, 0.5) is 5.69 Å². The van der Waals surface area contributed by atoms with Gasteiger partial charge in [0, 0.05) is 11.3 Å². The molecule has 4 nitrogen and oxygen atoms in total. The third kappa shape index (κ3) is 1.58. The van der Waals surface area contributed by atoms with Crippen molar-refractivity contribution in [2.45, 2.75) is 12.6 Å². The lowest BCUT2D eigenvalue weighted by Crippen LogP contribution is -2.42. The van der Waals surface area contributed by atoms with E-state index in [0.717, 1.165) is 33.9 Å². The summed E-state index contributed by atoms with van der Waals surface area (Å²) >= 11 is 0. The summed E-state index contributed by atoms with van der Waals surface area (Å²) in [5.74, 6) is 1.82. The first-order valence-corrected chi connectivity index (χ1v) is 7.67. The number of anilines is 1.